The molecule has 2 rings (SSSR count). The number of carbonyl (C=O) groups excluding carboxylic acids is 1. The molecule has 0 radical (unpaired) electrons. The Bertz CT molecular complexity index is 675. The Morgan fingerprint density at radius 2 is 1.92 bits per heavy atom. The number of methoxy groups -OCH3 is 1. The predicted octanol–water partition coefficient (Wildman–Crippen LogP) is 3.86. The number of hydrogen-bond acceptors (Lipinski definition) is 3. The standard InChI is InChI=1S/C19H22ClNO3/c1-14(24-18-10-4-8-16(20)13-18)19(22)21-11-5-7-15-6-3-9-17(12-15)23-2/h3-4,6,8-10,12-14H,5,7,11H2,1-2H3,(H,21,22)/t14-/m0/s1. The molecular weight excluding hydrogens is 326 g/mol. The van der Waals surface area contributed by atoms with E-state index >= 15 is 0 Å². The number of benzene rings is 2. The lowest BCUT2D eigenvalue weighted by Gasteiger charge is -2.15. The molecule has 5 heteroatoms. The summed E-state index contributed by atoms with van der Waals surface area (Å²) < 4.78 is 10.8. The monoisotopic (exact) mass is 347 g/mol. The van der Waals surface area contributed by atoms with Gasteiger partial charge in [-0.05, 0) is 55.7 Å². The minimum atomic E-state index is -0.569. The first-order chi connectivity index (χ1) is 11.6. The maximum absolute atomic E-state index is 12.1. The van der Waals surface area contributed by atoms with Crippen LogP contribution in [0.2, 0.25) is 5.02 Å². The van der Waals surface area contributed by atoms with Crippen LogP contribution in [-0.4, -0.2) is 25.7 Å². The molecule has 0 aromatic heterocycles. The molecule has 1 N–H and O–H groups in total. The lowest BCUT2D eigenvalue weighted by atomic mass is 10.1. The smallest absolute Gasteiger partial charge is 0.260 e. The van der Waals surface area contributed by atoms with Crippen LogP contribution in [0.1, 0.15) is 18.9 Å². The molecule has 0 spiro atoms. The highest BCUT2D eigenvalue weighted by molar-refractivity contribution is 6.30. The number of amides is 1. The number of ether oxygens (including phenoxy) is 2. The van der Waals surface area contributed by atoms with Gasteiger partial charge in [0.15, 0.2) is 6.10 Å². The van der Waals surface area contributed by atoms with E-state index in [2.05, 4.69) is 11.4 Å². The Labute approximate surface area is 147 Å². The number of nitrogens with one attached hydrogen (secondary N) is 1. The first-order valence-electron chi connectivity index (χ1n) is 7.91. The van der Waals surface area contributed by atoms with Crippen molar-refractivity contribution in [1.29, 1.82) is 0 Å². The number of aryl methyl sites for hydroxylation is 1. The van der Waals surface area contributed by atoms with Crippen LogP contribution in [0.3, 0.4) is 0 Å². The third-order valence-corrected chi connectivity index (χ3v) is 3.79. The van der Waals surface area contributed by atoms with E-state index in [-0.39, 0.29) is 5.91 Å². The van der Waals surface area contributed by atoms with E-state index in [1.807, 2.05) is 18.2 Å². The van der Waals surface area contributed by atoms with Gasteiger partial charge in [0.25, 0.3) is 5.91 Å². The van der Waals surface area contributed by atoms with Gasteiger partial charge in [-0.15, -0.1) is 0 Å². The van der Waals surface area contributed by atoms with Crippen LogP contribution in [0.5, 0.6) is 11.5 Å². The average Bonchev–Trinajstić information content (AvgIpc) is 2.58. The molecule has 0 fully saturated rings. The summed E-state index contributed by atoms with van der Waals surface area (Å²) in [5.74, 6) is 1.29. The minimum Gasteiger partial charge on any atom is -0.497 e. The van der Waals surface area contributed by atoms with Crippen LogP contribution in [0, 0.1) is 0 Å². The van der Waals surface area contributed by atoms with Gasteiger partial charge in [0.1, 0.15) is 11.5 Å². The second kappa shape index (κ2) is 9.18. The van der Waals surface area contributed by atoms with Gasteiger partial charge in [0.2, 0.25) is 0 Å². The lowest BCUT2D eigenvalue weighted by molar-refractivity contribution is -0.127. The quantitative estimate of drug-likeness (QED) is 0.737. The molecule has 24 heavy (non-hydrogen) atoms. The number of carbonyl (C=O) groups is 1. The number of hydrogen-bond donors (Lipinski definition) is 1. The van der Waals surface area contributed by atoms with E-state index in [4.69, 9.17) is 21.1 Å². The van der Waals surface area contributed by atoms with E-state index in [0.717, 1.165) is 18.6 Å². The van der Waals surface area contributed by atoms with Gasteiger partial charge in [-0.1, -0.05) is 29.8 Å². The van der Waals surface area contributed by atoms with Crippen molar-refractivity contribution < 1.29 is 14.3 Å². The van der Waals surface area contributed by atoms with Gasteiger partial charge < -0.3 is 14.8 Å². The van der Waals surface area contributed by atoms with Gasteiger partial charge in [0, 0.05) is 11.6 Å². The molecule has 128 valence electrons. The van der Waals surface area contributed by atoms with Gasteiger partial charge in [0.05, 0.1) is 7.11 Å². The molecule has 0 saturated carbocycles. The van der Waals surface area contributed by atoms with Crippen molar-refractivity contribution >= 4 is 17.5 Å². The Balaban J connectivity index is 1.72. The van der Waals surface area contributed by atoms with Crippen LogP contribution in [0.15, 0.2) is 48.5 Å². The summed E-state index contributed by atoms with van der Waals surface area (Å²) in [6.45, 7) is 2.32. The zero-order chi connectivity index (χ0) is 17.4. The fourth-order valence-electron chi connectivity index (χ4n) is 2.27. The maximum atomic E-state index is 12.1. The molecule has 0 saturated heterocycles. The number of halogens is 1. The van der Waals surface area contributed by atoms with Crippen molar-refractivity contribution in [1.82, 2.24) is 5.32 Å². The summed E-state index contributed by atoms with van der Waals surface area (Å²) >= 11 is 5.90. The van der Waals surface area contributed by atoms with E-state index in [9.17, 15) is 4.79 Å². The Morgan fingerprint density at radius 3 is 2.67 bits per heavy atom. The Morgan fingerprint density at radius 1 is 1.17 bits per heavy atom. The summed E-state index contributed by atoms with van der Waals surface area (Å²) in [7, 11) is 1.65. The second-order valence-corrected chi connectivity index (χ2v) is 5.90. The topological polar surface area (TPSA) is 47.6 Å². The molecule has 0 aliphatic heterocycles. The molecule has 1 amide bonds. The summed E-state index contributed by atoms with van der Waals surface area (Å²) in [6.07, 6.45) is 1.16. The van der Waals surface area contributed by atoms with Crippen molar-refractivity contribution in [3.8, 4) is 11.5 Å². The zero-order valence-corrected chi connectivity index (χ0v) is 14.7. The molecule has 0 aliphatic rings. The van der Waals surface area contributed by atoms with Crippen LogP contribution in [-0.2, 0) is 11.2 Å². The first kappa shape index (κ1) is 18.1. The molecule has 4 nitrogen and oxygen atoms in total. The van der Waals surface area contributed by atoms with Gasteiger partial charge in [-0.25, -0.2) is 0 Å². The summed E-state index contributed by atoms with van der Waals surface area (Å²) in [5.41, 5.74) is 1.19. The van der Waals surface area contributed by atoms with Crippen molar-refractivity contribution in [2.75, 3.05) is 13.7 Å². The fraction of sp³-hybridized carbons (Fsp3) is 0.316. The van der Waals surface area contributed by atoms with Gasteiger partial charge >= 0.3 is 0 Å². The van der Waals surface area contributed by atoms with E-state index < -0.39 is 6.10 Å². The molecule has 2 aromatic carbocycles. The summed E-state index contributed by atoms with van der Waals surface area (Å²) in [5, 5.41) is 3.47. The highest BCUT2D eigenvalue weighted by Gasteiger charge is 2.14. The lowest BCUT2D eigenvalue weighted by Crippen LogP contribution is -2.36. The fourth-order valence-corrected chi connectivity index (χ4v) is 2.45. The van der Waals surface area contributed by atoms with Crippen LogP contribution in [0.4, 0.5) is 0 Å². The van der Waals surface area contributed by atoms with Crippen LogP contribution in [0.25, 0.3) is 0 Å². The van der Waals surface area contributed by atoms with Crippen molar-refractivity contribution in [3.05, 3.63) is 59.1 Å². The largest absolute Gasteiger partial charge is 0.497 e. The van der Waals surface area contributed by atoms with E-state index in [0.29, 0.717) is 17.3 Å². The van der Waals surface area contributed by atoms with Crippen molar-refractivity contribution in [2.45, 2.75) is 25.9 Å². The third-order valence-electron chi connectivity index (χ3n) is 3.55. The van der Waals surface area contributed by atoms with E-state index in [1.54, 1.807) is 38.3 Å². The highest BCUT2D eigenvalue weighted by Crippen LogP contribution is 2.18. The SMILES string of the molecule is COc1cccc(CCCNC(=O)[C@H](C)Oc2cccc(Cl)c2)c1. The minimum absolute atomic E-state index is 0.138. The zero-order valence-electron chi connectivity index (χ0n) is 13.9. The molecule has 0 unspecified atom stereocenters. The third kappa shape index (κ3) is 5.78. The average molecular weight is 348 g/mol. The van der Waals surface area contributed by atoms with Gasteiger partial charge in [-0.2, -0.15) is 0 Å². The summed E-state index contributed by atoms with van der Waals surface area (Å²) in [4.78, 5) is 12.1. The number of rotatable bonds is 8. The molecule has 0 bridgehead atoms. The molecule has 1 atom stereocenters. The Kier molecular flexibility index (Phi) is 6.94. The Hall–Kier alpha value is -2.20. The molecule has 0 aliphatic carbocycles. The summed E-state index contributed by atoms with van der Waals surface area (Å²) in [6, 6.07) is 15.0. The maximum Gasteiger partial charge on any atom is 0.260 e. The predicted molar refractivity (Wildman–Crippen MR) is 95.9 cm³/mol. The van der Waals surface area contributed by atoms with Crippen molar-refractivity contribution in [3.63, 3.8) is 0 Å². The van der Waals surface area contributed by atoms with Crippen molar-refractivity contribution in [2.24, 2.45) is 0 Å². The van der Waals surface area contributed by atoms with Gasteiger partial charge in [-0.3, -0.25) is 4.79 Å². The first-order valence-corrected chi connectivity index (χ1v) is 8.29. The van der Waals surface area contributed by atoms with E-state index in [1.165, 1.54) is 5.56 Å². The second-order valence-electron chi connectivity index (χ2n) is 5.46. The molecule has 0 heterocycles. The molecule has 2 aromatic rings. The highest BCUT2D eigenvalue weighted by atomic mass is 35.5. The van der Waals surface area contributed by atoms with Crippen LogP contribution < -0.4 is 14.8 Å². The normalized spacial score (nSPS) is 11.6. The van der Waals surface area contributed by atoms with Crippen LogP contribution >= 0.6 is 11.6 Å². The molecular formula is C19H22ClNO3.